The van der Waals surface area contributed by atoms with Gasteiger partial charge in [0.2, 0.25) is 5.95 Å². The molecular formula is C10H11N5O4. The number of aliphatic hydroxyl groups excluding tert-OH is 1. The van der Waals surface area contributed by atoms with E-state index in [1.807, 2.05) is 0 Å². The van der Waals surface area contributed by atoms with Crippen molar-refractivity contribution < 1.29 is 14.6 Å². The highest BCUT2D eigenvalue weighted by Crippen LogP contribution is 2.36. The van der Waals surface area contributed by atoms with Crippen LogP contribution >= 0.6 is 0 Å². The molecule has 4 rings (SSSR count). The molecule has 2 aromatic rings. The Hall–Kier alpha value is -2.13. The number of fused-ring (bicyclic) bond motifs is 6. The van der Waals surface area contributed by atoms with Crippen LogP contribution in [-0.4, -0.2) is 43.4 Å². The number of aromatic nitrogens is 4. The van der Waals surface area contributed by atoms with Crippen molar-refractivity contribution in [3.05, 3.63) is 10.4 Å². The van der Waals surface area contributed by atoms with Gasteiger partial charge >= 0.3 is 6.01 Å². The van der Waals surface area contributed by atoms with Crippen molar-refractivity contribution in [1.82, 2.24) is 19.5 Å². The number of hydrogen-bond donors (Lipinski definition) is 3. The van der Waals surface area contributed by atoms with Gasteiger partial charge in [0.05, 0.1) is 6.10 Å². The average Bonchev–Trinajstić information content (AvgIpc) is 2.80. The molecule has 19 heavy (non-hydrogen) atoms. The average molecular weight is 265 g/mol. The first-order valence-corrected chi connectivity index (χ1v) is 5.87. The Bertz CT molecular complexity index is 723. The molecule has 2 bridgehead atoms. The number of aliphatic hydroxyl groups is 1. The molecule has 2 aliphatic rings. The Balaban J connectivity index is 2.00. The van der Waals surface area contributed by atoms with Crippen LogP contribution in [0.25, 0.3) is 11.2 Å². The smallest absolute Gasteiger partial charge is 0.301 e. The standard InChI is InChI=1S/C10H11N5O4/c11-9-13-7-6(8(17)14-9)12-10-15(7)5-1-3(16)4(19-5)2-18-10/h3-5,16H,1-2H2,(H3,11,13,14,17)/t3-,4+,5+/m0/s1. The Labute approximate surface area is 106 Å². The quantitative estimate of drug-likeness (QED) is 0.542. The normalized spacial score (nSPS) is 29.0. The predicted octanol–water partition coefficient (Wildman–Crippen LogP) is -1.26. The Morgan fingerprint density at radius 2 is 2.32 bits per heavy atom. The molecule has 0 aliphatic carbocycles. The molecule has 4 N–H and O–H groups in total. The highest BCUT2D eigenvalue weighted by molar-refractivity contribution is 5.72. The minimum Gasteiger partial charge on any atom is -0.462 e. The van der Waals surface area contributed by atoms with Crippen molar-refractivity contribution in [2.24, 2.45) is 0 Å². The van der Waals surface area contributed by atoms with E-state index in [-0.39, 0.29) is 30.2 Å². The van der Waals surface area contributed by atoms with E-state index in [4.69, 9.17) is 15.2 Å². The van der Waals surface area contributed by atoms with Crippen molar-refractivity contribution in [3.63, 3.8) is 0 Å². The van der Waals surface area contributed by atoms with Crippen molar-refractivity contribution in [2.45, 2.75) is 24.9 Å². The lowest BCUT2D eigenvalue weighted by molar-refractivity contribution is -0.0196. The largest absolute Gasteiger partial charge is 0.462 e. The van der Waals surface area contributed by atoms with Gasteiger partial charge in [-0.15, -0.1) is 0 Å². The van der Waals surface area contributed by atoms with Crippen LogP contribution in [0.1, 0.15) is 12.6 Å². The van der Waals surface area contributed by atoms with Crippen LogP contribution < -0.4 is 16.0 Å². The van der Waals surface area contributed by atoms with Crippen LogP contribution in [0, 0.1) is 0 Å². The van der Waals surface area contributed by atoms with Gasteiger partial charge in [0.15, 0.2) is 11.2 Å². The Morgan fingerprint density at radius 1 is 1.47 bits per heavy atom. The number of nitrogens with zero attached hydrogens (tertiary/aromatic N) is 3. The topological polar surface area (TPSA) is 128 Å². The number of ether oxygens (including phenoxy) is 2. The summed E-state index contributed by atoms with van der Waals surface area (Å²) >= 11 is 0. The number of H-pyrrole nitrogens is 1. The molecule has 1 saturated heterocycles. The molecule has 0 radical (unpaired) electrons. The maximum Gasteiger partial charge on any atom is 0.301 e. The highest BCUT2D eigenvalue weighted by atomic mass is 16.6. The second kappa shape index (κ2) is 3.45. The summed E-state index contributed by atoms with van der Waals surface area (Å²) in [7, 11) is 0. The zero-order chi connectivity index (χ0) is 13.1. The zero-order valence-electron chi connectivity index (χ0n) is 9.74. The number of hydrogen-bond acceptors (Lipinski definition) is 7. The van der Waals surface area contributed by atoms with E-state index in [9.17, 15) is 9.90 Å². The van der Waals surface area contributed by atoms with Crippen molar-refractivity contribution >= 4 is 17.1 Å². The third-order valence-corrected chi connectivity index (χ3v) is 3.41. The van der Waals surface area contributed by atoms with Crippen molar-refractivity contribution in [3.8, 4) is 6.01 Å². The molecule has 4 heterocycles. The van der Waals surface area contributed by atoms with Crippen LogP contribution in [0.5, 0.6) is 6.01 Å². The molecule has 0 spiro atoms. The zero-order valence-corrected chi connectivity index (χ0v) is 9.74. The molecule has 0 unspecified atom stereocenters. The fraction of sp³-hybridized carbons (Fsp3) is 0.500. The molecule has 9 nitrogen and oxygen atoms in total. The molecule has 0 saturated carbocycles. The third-order valence-electron chi connectivity index (χ3n) is 3.41. The Kier molecular flexibility index (Phi) is 1.96. The molecule has 1 fully saturated rings. The van der Waals surface area contributed by atoms with Gasteiger partial charge in [0.25, 0.3) is 5.56 Å². The number of aromatic amines is 1. The Morgan fingerprint density at radius 3 is 3.16 bits per heavy atom. The van der Waals surface area contributed by atoms with E-state index in [1.54, 1.807) is 4.57 Å². The molecule has 3 atom stereocenters. The van der Waals surface area contributed by atoms with E-state index >= 15 is 0 Å². The molecule has 100 valence electrons. The lowest BCUT2D eigenvalue weighted by Gasteiger charge is -2.13. The third kappa shape index (κ3) is 1.39. The minimum atomic E-state index is -0.602. The summed E-state index contributed by atoms with van der Waals surface area (Å²) in [6.45, 7) is 0.189. The highest BCUT2D eigenvalue weighted by Gasteiger charge is 2.41. The van der Waals surface area contributed by atoms with Crippen molar-refractivity contribution in [1.29, 1.82) is 0 Å². The summed E-state index contributed by atoms with van der Waals surface area (Å²) in [4.78, 5) is 22.3. The van der Waals surface area contributed by atoms with Gasteiger partial charge in [0, 0.05) is 6.42 Å². The lowest BCUT2D eigenvalue weighted by atomic mass is 10.2. The van der Waals surface area contributed by atoms with Gasteiger partial charge in [-0.2, -0.15) is 9.97 Å². The first kappa shape index (κ1) is 10.8. The lowest BCUT2D eigenvalue weighted by Crippen LogP contribution is -2.27. The fourth-order valence-corrected chi connectivity index (χ4v) is 2.52. The van der Waals surface area contributed by atoms with Crippen LogP contribution in [-0.2, 0) is 4.74 Å². The van der Waals surface area contributed by atoms with Gasteiger partial charge in [-0.25, -0.2) is 0 Å². The van der Waals surface area contributed by atoms with Crippen LogP contribution in [0.3, 0.4) is 0 Å². The van der Waals surface area contributed by atoms with E-state index in [2.05, 4.69) is 15.0 Å². The number of imidazole rings is 1. The van der Waals surface area contributed by atoms with Gasteiger partial charge < -0.3 is 20.3 Å². The monoisotopic (exact) mass is 265 g/mol. The van der Waals surface area contributed by atoms with E-state index in [1.165, 1.54) is 0 Å². The molecule has 0 amide bonds. The summed E-state index contributed by atoms with van der Waals surface area (Å²) < 4.78 is 12.7. The summed E-state index contributed by atoms with van der Waals surface area (Å²) in [5.41, 5.74) is 5.56. The second-order valence-corrected chi connectivity index (χ2v) is 4.63. The van der Waals surface area contributed by atoms with E-state index < -0.39 is 17.9 Å². The molecule has 9 heteroatoms. The number of nitrogen functional groups attached to an aromatic ring is 1. The maximum absolute atomic E-state index is 11.8. The SMILES string of the molecule is Nc1nc2c(nc3n2[C@H]2C[C@H](O)[C@@H](CO3)O2)c(=O)[nH]1. The number of nitrogens with one attached hydrogen (secondary N) is 1. The first-order valence-electron chi connectivity index (χ1n) is 5.87. The van der Waals surface area contributed by atoms with Crippen molar-refractivity contribution in [2.75, 3.05) is 12.3 Å². The van der Waals surface area contributed by atoms with Gasteiger partial charge in [-0.3, -0.25) is 14.3 Å². The summed E-state index contributed by atoms with van der Waals surface area (Å²) in [6.07, 6.45) is -1.03. The minimum absolute atomic E-state index is 0.000424. The molecule has 0 aromatic carbocycles. The van der Waals surface area contributed by atoms with Gasteiger partial charge in [-0.05, 0) is 0 Å². The number of rotatable bonds is 0. The number of nitrogens with two attached hydrogens (primary N) is 1. The molecule has 2 aliphatic heterocycles. The van der Waals surface area contributed by atoms with Gasteiger partial charge in [0.1, 0.15) is 18.9 Å². The maximum atomic E-state index is 11.8. The van der Waals surface area contributed by atoms with Crippen LogP contribution in [0.15, 0.2) is 4.79 Å². The molecule has 2 aromatic heterocycles. The predicted molar refractivity (Wildman–Crippen MR) is 62.6 cm³/mol. The van der Waals surface area contributed by atoms with Crippen LogP contribution in [0.2, 0.25) is 0 Å². The second-order valence-electron chi connectivity index (χ2n) is 4.63. The summed E-state index contributed by atoms with van der Waals surface area (Å²) in [6, 6.07) is 0.262. The fourth-order valence-electron chi connectivity index (χ4n) is 2.52. The van der Waals surface area contributed by atoms with Crippen LogP contribution in [0.4, 0.5) is 5.95 Å². The van der Waals surface area contributed by atoms with E-state index in [0.29, 0.717) is 12.1 Å². The number of anilines is 1. The van der Waals surface area contributed by atoms with E-state index in [0.717, 1.165) is 0 Å². The summed E-state index contributed by atoms with van der Waals surface area (Å²) in [5, 5.41) is 9.82. The molecular weight excluding hydrogens is 254 g/mol. The van der Waals surface area contributed by atoms with Gasteiger partial charge in [-0.1, -0.05) is 0 Å². The first-order chi connectivity index (χ1) is 9.13. The summed E-state index contributed by atoms with van der Waals surface area (Å²) in [5.74, 6) is -0.000424.